The molecule has 0 fully saturated rings. The van der Waals surface area contributed by atoms with Crippen LogP contribution in [0, 0.1) is 0 Å². The Labute approximate surface area is 102 Å². The van der Waals surface area contributed by atoms with Gasteiger partial charge in [0.25, 0.3) is 0 Å². The number of unbranched alkanes of at least 4 members (excludes halogenated alkanes) is 6. The van der Waals surface area contributed by atoms with Crippen LogP contribution < -0.4 is 0 Å². The maximum absolute atomic E-state index is 3.72. The quantitative estimate of drug-likeness (QED) is 0.304. The first-order chi connectivity index (χ1) is 7.91. The molecule has 0 atom stereocenters. The van der Waals surface area contributed by atoms with Crippen molar-refractivity contribution in [2.45, 2.75) is 64.7 Å². The molecular formula is C16H28. The standard InChI is InChI=1S/C16H28/c1-3-5-7-9-11-13-15-16-14-12-10-8-6-4-2/h3,12-15H,1,4-11,16H2,2H3/b14-12+,15-13+. The summed E-state index contributed by atoms with van der Waals surface area (Å²) in [4.78, 5) is 0. The largest absolute Gasteiger partial charge is 0.103 e. The van der Waals surface area contributed by atoms with Crippen LogP contribution in [0.1, 0.15) is 64.7 Å². The second-order valence-electron chi connectivity index (χ2n) is 4.25. The van der Waals surface area contributed by atoms with E-state index in [2.05, 4.69) is 37.8 Å². The summed E-state index contributed by atoms with van der Waals surface area (Å²) < 4.78 is 0. The van der Waals surface area contributed by atoms with Gasteiger partial charge >= 0.3 is 0 Å². The molecule has 0 heterocycles. The molecule has 0 bridgehead atoms. The summed E-state index contributed by atoms with van der Waals surface area (Å²) in [5, 5.41) is 0. The van der Waals surface area contributed by atoms with Crippen LogP contribution in [-0.2, 0) is 0 Å². The molecule has 0 spiro atoms. The van der Waals surface area contributed by atoms with Crippen molar-refractivity contribution in [1.29, 1.82) is 0 Å². The van der Waals surface area contributed by atoms with Gasteiger partial charge in [0, 0.05) is 0 Å². The minimum atomic E-state index is 1.10. The molecule has 92 valence electrons. The molecule has 0 aliphatic carbocycles. The van der Waals surface area contributed by atoms with E-state index in [1.165, 1.54) is 44.9 Å². The topological polar surface area (TPSA) is 0 Å². The van der Waals surface area contributed by atoms with E-state index in [0.717, 1.165) is 12.8 Å². The minimum absolute atomic E-state index is 1.10. The fourth-order valence-corrected chi connectivity index (χ4v) is 1.57. The lowest BCUT2D eigenvalue weighted by Crippen LogP contribution is -1.72. The van der Waals surface area contributed by atoms with Crippen molar-refractivity contribution in [2.75, 3.05) is 0 Å². The second-order valence-corrected chi connectivity index (χ2v) is 4.25. The zero-order chi connectivity index (χ0) is 11.9. The summed E-state index contributed by atoms with van der Waals surface area (Å²) >= 11 is 0. The highest BCUT2D eigenvalue weighted by molar-refractivity contribution is 4.92. The van der Waals surface area contributed by atoms with Crippen LogP contribution in [0.5, 0.6) is 0 Å². The normalized spacial score (nSPS) is 11.6. The molecule has 16 heavy (non-hydrogen) atoms. The summed E-state index contributed by atoms with van der Waals surface area (Å²) in [5.41, 5.74) is 0. The first kappa shape index (κ1) is 15.2. The molecule has 0 aromatic carbocycles. The van der Waals surface area contributed by atoms with Gasteiger partial charge in [-0.2, -0.15) is 0 Å². The van der Waals surface area contributed by atoms with Gasteiger partial charge < -0.3 is 0 Å². The Morgan fingerprint density at radius 1 is 0.750 bits per heavy atom. The molecule has 0 saturated carbocycles. The summed E-state index contributed by atoms with van der Waals surface area (Å²) in [6.45, 7) is 5.97. The van der Waals surface area contributed by atoms with Crippen molar-refractivity contribution >= 4 is 0 Å². The molecule has 0 heteroatoms. The van der Waals surface area contributed by atoms with E-state index in [9.17, 15) is 0 Å². The van der Waals surface area contributed by atoms with Crippen LogP contribution >= 0.6 is 0 Å². The van der Waals surface area contributed by atoms with Crippen molar-refractivity contribution in [1.82, 2.24) is 0 Å². The zero-order valence-electron chi connectivity index (χ0n) is 11.0. The molecule has 0 radical (unpaired) electrons. The molecule has 0 aliphatic heterocycles. The second kappa shape index (κ2) is 14.2. The Hall–Kier alpha value is -0.780. The van der Waals surface area contributed by atoms with Gasteiger partial charge in [-0.3, -0.25) is 0 Å². The molecule has 0 aliphatic rings. The molecule has 0 nitrogen and oxygen atoms in total. The van der Waals surface area contributed by atoms with E-state index < -0.39 is 0 Å². The smallest absolute Gasteiger partial charge is 0.0169 e. The molecule has 0 unspecified atom stereocenters. The average Bonchev–Trinajstić information content (AvgIpc) is 2.31. The van der Waals surface area contributed by atoms with E-state index in [1.54, 1.807) is 0 Å². The lowest BCUT2D eigenvalue weighted by molar-refractivity contribution is 0.728. The van der Waals surface area contributed by atoms with Crippen molar-refractivity contribution in [3.05, 3.63) is 37.0 Å². The maximum atomic E-state index is 3.72. The number of allylic oxidation sites excluding steroid dienone is 5. The Kier molecular flexibility index (Phi) is 13.5. The Balaban J connectivity index is 3.16. The van der Waals surface area contributed by atoms with Crippen molar-refractivity contribution in [2.24, 2.45) is 0 Å². The lowest BCUT2D eigenvalue weighted by Gasteiger charge is -1.92. The molecule has 0 aromatic heterocycles. The van der Waals surface area contributed by atoms with Crippen LogP contribution in [0.3, 0.4) is 0 Å². The first-order valence-electron chi connectivity index (χ1n) is 6.82. The summed E-state index contributed by atoms with van der Waals surface area (Å²) in [7, 11) is 0. The van der Waals surface area contributed by atoms with E-state index in [4.69, 9.17) is 0 Å². The number of hydrogen-bond donors (Lipinski definition) is 0. The van der Waals surface area contributed by atoms with Crippen molar-refractivity contribution < 1.29 is 0 Å². The van der Waals surface area contributed by atoms with Gasteiger partial charge in [0.1, 0.15) is 0 Å². The third-order valence-corrected chi connectivity index (χ3v) is 2.61. The van der Waals surface area contributed by atoms with Gasteiger partial charge in [-0.05, 0) is 44.9 Å². The Morgan fingerprint density at radius 2 is 1.31 bits per heavy atom. The lowest BCUT2D eigenvalue weighted by atomic mass is 10.1. The van der Waals surface area contributed by atoms with Crippen molar-refractivity contribution in [3.8, 4) is 0 Å². The Morgan fingerprint density at radius 3 is 1.88 bits per heavy atom. The van der Waals surface area contributed by atoms with Crippen LogP contribution in [0.4, 0.5) is 0 Å². The average molecular weight is 220 g/mol. The third kappa shape index (κ3) is 13.2. The molecular weight excluding hydrogens is 192 g/mol. The van der Waals surface area contributed by atoms with Gasteiger partial charge in [0.05, 0.1) is 0 Å². The summed E-state index contributed by atoms with van der Waals surface area (Å²) in [6.07, 6.45) is 22.5. The third-order valence-electron chi connectivity index (χ3n) is 2.61. The van der Waals surface area contributed by atoms with Gasteiger partial charge in [0.2, 0.25) is 0 Å². The highest BCUT2D eigenvalue weighted by atomic mass is 13.9. The van der Waals surface area contributed by atoms with Crippen LogP contribution in [0.2, 0.25) is 0 Å². The number of rotatable bonds is 11. The molecule has 0 amide bonds. The monoisotopic (exact) mass is 220 g/mol. The van der Waals surface area contributed by atoms with E-state index in [0.29, 0.717) is 0 Å². The van der Waals surface area contributed by atoms with Gasteiger partial charge in [-0.15, -0.1) is 6.58 Å². The van der Waals surface area contributed by atoms with E-state index in [-0.39, 0.29) is 0 Å². The van der Waals surface area contributed by atoms with Crippen LogP contribution in [0.15, 0.2) is 37.0 Å². The maximum Gasteiger partial charge on any atom is -0.0169 e. The fraction of sp³-hybridized carbons (Fsp3) is 0.625. The van der Waals surface area contributed by atoms with Crippen LogP contribution in [-0.4, -0.2) is 0 Å². The molecule has 0 N–H and O–H groups in total. The molecule has 0 saturated heterocycles. The van der Waals surface area contributed by atoms with Crippen molar-refractivity contribution in [3.63, 3.8) is 0 Å². The fourth-order valence-electron chi connectivity index (χ4n) is 1.57. The summed E-state index contributed by atoms with van der Waals surface area (Å²) in [6, 6.07) is 0. The molecule has 0 rings (SSSR count). The van der Waals surface area contributed by atoms with E-state index >= 15 is 0 Å². The minimum Gasteiger partial charge on any atom is -0.103 e. The van der Waals surface area contributed by atoms with Gasteiger partial charge in [0.15, 0.2) is 0 Å². The van der Waals surface area contributed by atoms with Crippen LogP contribution in [0.25, 0.3) is 0 Å². The van der Waals surface area contributed by atoms with Gasteiger partial charge in [-0.25, -0.2) is 0 Å². The predicted octanol–water partition coefficient (Wildman–Crippen LogP) is 5.82. The first-order valence-corrected chi connectivity index (χ1v) is 6.82. The number of hydrogen-bond acceptors (Lipinski definition) is 0. The Bertz CT molecular complexity index is 186. The predicted molar refractivity (Wildman–Crippen MR) is 75.7 cm³/mol. The van der Waals surface area contributed by atoms with E-state index in [1.807, 2.05) is 6.08 Å². The zero-order valence-corrected chi connectivity index (χ0v) is 11.0. The summed E-state index contributed by atoms with van der Waals surface area (Å²) in [5.74, 6) is 0. The highest BCUT2D eigenvalue weighted by Gasteiger charge is 1.82. The SMILES string of the molecule is C=CCCCC/C=C/C/C=C/CCCCC. The molecule has 0 aromatic rings. The van der Waals surface area contributed by atoms with Gasteiger partial charge in [-0.1, -0.05) is 50.1 Å². The highest BCUT2D eigenvalue weighted by Crippen LogP contribution is 2.03.